The second-order valence-electron chi connectivity index (χ2n) is 4.34. The summed E-state index contributed by atoms with van der Waals surface area (Å²) in [4.78, 5) is 3.43. The van der Waals surface area contributed by atoms with Crippen molar-refractivity contribution >= 4 is 16.6 Å². The molecule has 0 saturated heterocycles. The highest BCUT2D eigenvalue weighted by molar-refractivity contribution is 5.86. The van der Waals surface area contributed by atoms with Crippen LogP contribution in [0.2, 0.25) is 0 Å². The highest BCUT2D eigenvalue weighted by atomic mass is 14.7. The van der Waals surface area contributed by atoms with E-state index < -0.39 is 0 Å². The molecule has 3 rings (SSSR count). The molecule has 0 aliphatic heterocycles. The fourth-order valence-corrected chi connectivity index (χ4v) is 2.21. The molecule has 1 heterocycles. The predicted octanol–water partition coefficient (Wildman–Crippen LogP) is 3.73. The lowest BCUT2D eigenvalue weighted by Gasteiger charge is -2.04. The molecule has 0 aliphatic carbocycles. The van der Waals surface area contributed by atoms with Crippen LogP contribution in [0.25, 0.3) is 22.2 Å². The number of aryl methyl sites for hydroxylation is 1. The van der Waals surface area contributed by atoms with Crippen LogP contribution in [0.5, 0.6) is 0 Å². The maximum absolute atomic E-state index is 5.77. The highest BCUT2D eigenvalue weighted by Crippen LogP contribution is 2.27. The van der Waals surface area contributed by atoms with Crippen LogP contribution in [-0.2, 0) is 0 Å². The first kappa shape index (κ1) is 9.97. The van der Waals surface area contributed by atoms with E-state index in [9.17, 15) is 0 Å². The number of anilines is 1. The quantitative estimate of drug-likeness (QED) is 0.605. The number of nitrogens with one attached hydrogen (secondary N) is 1. The normalized spacial score (nSPS) is 10.9. The van der Waals surface area contributed by atoms with Gasteiger partial charge in [-0.1, -0.05) is 24.3 Å². The molecule has 84 valence electrons. The molecule has 0 amide bonds. The first-order valence-electron chi connectivity index (χ1n) is 5.68. The van der Waals surface area contributed by atoms with E-state index >= 15 is 0 Å². The Bertz CT molecular complexity index is 647. The van der Waals surface area contributed by atoms with Gasteiger partial charge in [0, 0.05) is 27.8 Å². The van der Waals surface area contributed by atoms with Crippen LogP contribution < -0.4 is 5.73 Å². The van der Waals surface area contributed by atoms with Crippen LogP contribution in [0.3, 0.4) is 0 Å². The molecule has 0 fully saturated rings. The highest BCUT2D eigenvalue weighted by Gasteiger charge is 2.05. The summed E-state index contributed by atoms with van der Waals surface area (Å²) in [5, 5.41) is 1.23. The number of para-hydroxylation sites is 1. The average Bonchev–Trinajstić information content (AvgIpc) is 2.72. The monoisotopic (exact) mass is 222 g/mol. The lowest BCUT2D eigenvalue weighted by atomic mass is 10.1. The van der Waals surface area contributed by atoms with Crippen LogP contribution in [-0.4, -0.2) is 4.98 Å². The van der Waals surface area contributed by atoms with E-state index in [4.69, 9.17) is 5.73 Å². The van der Waals surface area contributed by atoms with Gasteiger partial charge in [-0.15, -0.1) is 0 Å². The van der Waals surface area contributed by atoms with Crippen molar-refractivity contribution in [2.45, 2.75) is 6.92 Å². The molecule has 1 aromatic heterocycles. The maximum Gasteiger partial charge on any atom is 0.0467 e. The third-order valence-electron chi connectivity index (χ3n) is 3.07. The summed E-state index contributed by atoms with van der Waals surface area (Å²) >= 11 is 0. The van der Waals surface area contributed by atoms with Crippen molar-refractivity contribution in [2.24, 2.45) is 0 Å². The summed E-state index contributed by atoms with van der Waals surface area (Å²) in [5.74, 6) is 0. The Kier molecular flexibility index (Phi) is 2.15. The molecule has 0 atom stereocenters. The van der Waals surface area contributed by atoms with Gasteiger partial charge in [0.25, 0.3) is 0 Å². The summed E-state index contributed by atoms with van der Waals surface area (Å²) in [6, 6.07) is 16.5. The van der Waals surface area contributed by atoms with Gasteiger partial charge in [0.1, 0.15) is 0 Å². The first-order valence-corrected chi connectivity index (χ1v) is 5.68. The van der Waals surface area contributed by atoms with E-state index in [0.29, 0.717) is 0 Å². The van der Waals surface area contributed by atoms with Crippen molar-refractivity contribution in [1.82, 2.24) is 4.98 Å². The Morgan fingerprint density at radius 2 is 1.82 bits per heavy atom. The van der Waals surface area contributed by atoms with E-state index in [0.717, 1.165) is 11.4 Å². The van der Waals surface area contributed by atoms with Crippen molar-refractivity contribution in [3.8, 4) is 11.3 Å². The summed E-state index contributed by atoms with van der Waals surface area (Å²) in [6.07, 6.45) is 0. The van der Waals surface area contributed by atoms with Crippen LogP contribution in [0.4, 0.5) is 5.69 Å². The Morgan fingerprint density at radius 1 is 1.00 bits per heavy atom. The number of rotatable bonds is 1. The molecule has 0 unspecified atom stereocenters. The van der Waals surface area contributed by atoms with Gasteiger partial charge in [0.05, 0.1) is 0 Å². The van der Waals surface area contributed by atoms with E-state index in [1.54, 1.807) is 0 Å². The number of aromatic amines is 1. The molecule has 0 saturated carbocycles. The van der Waals surface area contributed by atoms with Crippen LogP contribution in [0.15, 0.2) is 48.5 Å². The molecule has 2 heteroatoms. The van der Waals surface area contributed by atoms with E-state index in [2.05, 4.69) is 42.2 Å². The molecule has 0 aliphatic rings. The van der Waals surface area contributed by atoms with Crippen molar-refractivity contribution in [2.75, 3.05) is 5.73 Å². The summed E-state index contributed by atoms with van der Waals surface area (Å²) in [7, 11) is 0. The van der Waals surface area contributed by atoms with Crippen LogP contribution >= 0.6 is 0 Å². The van der Waals surface area contributed by atoms with Crippen LogP contribution in [0, 0.1) is 6.92 Å². The van der Waals surface area contributed by atoms with Gasteiger partial charge in [0.15, 0.2) is 0 Å². The zero-order chi connectivity index (χ0) is 11.8. The molecule has 3 N–H and O–H groups in total. The topological polar surface area (TPSA) is 41.8 Å². The zero-order valence-corrected chi connectivity index (χ0v) is 9.70. The minimum atomic E-state index is 0.808. The Balaban J connectivity index is 2.20. The van der Waals surface area contributed by atoms with Crippen molar-refractivity contribution in [3.05, 3.63) is 54.1 Å². The Labute approximate surface area is 100 Å². The number of nitrogen functional groups attached to an aromatic ring is 1. The molecule has 2 nitrogen and oxygen atoms in total. The van der Waals surface area contributed by atoms with E-state index in [-0.39, 0.29) is 0 Å². The third kappa shape index (κ3) is 1.68. The van der Waals surface area contributed by atoms with E-state index in [1.165, 1.54) is 22.0 Å². The number of fused-ring (bicyclic) bond motifs is 1. The second kappa shape index (κ2) is 3.67. The minimum absolute atomic E-state index is 0.808. The molecule has 0 radical (unpaired) electrons. The van der Waals surface area contributed by atoms with Gasteiger partial charge >= 0.3 is 0 Å². The standard InChI is InChI=1S/C15H14N2/c1-10-8-12(16)6-7-13(10)15-9-11-4-2-3-5-14(11)17-15/h2-9,17H,16H2,1H3. The van der Waals surface area contributed by atoms with Gasteiger partial charge < -0.3 is 10.7 Å². The fraction of sp³-hybridized carbons (Fsp3) is 0.0667. The molecule has 2 aromatic carbocycles. The molecule has 0 spiro atoms. The number of benzene rings is 2. The first-order chi connectivity index (χ1) is 8.24. The van der Waals surface area contributed by atoms with Gasteiger partial charge in [-0.25, -0.2) is 0 Å². The average molecular weight is 222 g/mol. The molecule has 0 bridgehead atoms. The fourth-order valence-electron chi connectivity index (χ4n) is 2.21. The number of nitrogens with two attached hydrogens (primary N) is 1. The second-order valence-corrected chi connectivity index (χ2v) is 4.34. The van der Waals surface area contributed by atoms with Gasteiger partial charge in [-0.2, -0.15) is 0 Å². The summed E-state index contributed by atoms with van der Waals surface area (Å²) in [6.45, 7) is 2.08. The largest absolute Gasteiger partial charge is 0.399 e. The molecular formula is C15H14N2. The molecular weight excluding hydrogens is 208 g/mol. The molecule has 3 aromatic rings. The SMILES string of the molecule is Cc1cc(N)ccc1-c1cc2ccccc2[nH]1. The molecule has 17 heavy (non-hydrogen) atoms. The van der Waals surface area contributed by atoms with Crippen molar-refractivity contribution < 1.29 is 0 Å². The van der Waals surface area contributed by atoms with Gasteiger partial charge in [-0.3, -0.25) is 0 Å². The predicted molar refractivity (Wildman–Crippen MR) is 72.9 cm³/mol. The number of hydrogen-bond donors (Lipinski definition) is 2. The number of H-pyrrole nitrogens is 1. The van der Waals surface area contributed by atoms with Crippen molar-refractivity contribution in [1.29, 1.82) is 0 Å². The van der Waals surface area contributed by atoms with Gasteiger partial charge in [0.2, 0.25) is 0 Å². The number of hydrogen-bond acceptors (Lipinski definition) is 1. The Hall–Kier alpha value is -2.22. The van der Waals surface area contributed by atoms with E-state index in [1.807, 2.05) is 18.2 Å². The maximum atomic E-state index is 5.77. The minimum Gasteiger partial charge on any atom is -0.399 e. The Morgan fingerprint density at radius 3 is 2.59 bits per heavy atom. The number of aromatic nitrogens is 1. The zero-order valence-electron chi connectivity index (χ0n) is 9.70. The smallest absolute Gasteiger partial charge is 0.0467 e. The van der Waals surface area contributed by atoms with Crippen LogP contribution in [0.1, 0.15) is 5.56 Å². The van der Waals surface area contributed by atoms with Crippen molar-refractivity contribution in [3.63, 3.8) is 0 Å². The summed E-state index contributed by atoms with van der Waals surface area (Å²) in [5.41, 5.74) is 11.3. The third-order valence-corrected chi connectivity index (χ3v) is 3.07. The lowest BCUT2D eigenvalue weighted by molar-refractivity contribution is 1.40. The summed E-state index contributed by atoms with van der Waals surface area (Å²) < 4.78 is 0. The van der Waals surface area contributed by atoms with Gasteiger partial charge in [-0.05, 0) is 36.8 Å². The lowest BCUT2D eigenvalue weighted by Crippen LogP contribution is -1.88.